The van der Waals surface area contributed by atoms with Crippen molar-refractivity contribution < 1.29 is 14.3 Å². The molecule has 0 saturated heterocycles. The van der Waals surface area contributed by atoms with Crippen LogP contribution in [0.3, 0.4) is 0 Å². The zero-order valence-corrected chi connectivity index (χ0v) is 20.6. The van der Waals surface area contributed by atoms with Crippen molar-refractivity contribution in [2.75, 3.05) is 18.2 Å². The van der Waals surface area contributed by atoms with Crippen molar-refractivity contribution in [2.45, 2.75) is 38.5 Å². The van der Waals surface area contributed by atoms with E-state index in [1.807, 2.05) is 43.5 Å². The number of hydrogen-bond acceptors (Lipinski definition) is 6. The van der Waals surface area contributed by atoms with E-state index in [4.69, 9.17) is 4.74 Å². The van der Waals surface area contributed by atoms with Gasteiger partial charge in [-0.05, 0) is 62.2 Å². The standard InChI is InChI=1S/C25H29N5O3S/c1-6-13-30-23(18(4)26-24(32)19-9-11-20(33-5)12-10-19)28-29-25(30)34-15-22(31)27-21-14-16(2)7-8-17(21)3/h6-12,14,18H,1,13,15H2,2-5H3,(H,26,32)(H,27,31)/t18-/m1/s1. The number of thioether (sulfide) groups is 1. The Morgan fingerprint density at radius 2 is 1.91 bits per heavy atom. The third-order valence-corrected chi connectivity index (χ3v) is 6.11. The number of nitrogens with one attached hydrogen (secondary N) is 2. The van der Waals surface area contributed by atoms with Crippen molar-refractivity contribution in [3.63, 3.8) is 0 Å². The summed E-state index contributed by atoms with van der Waals surface area (Å²) < 4.78 is 6.98. The minimum absolute atomic E-state index is 0.130. The molecule has 0 fully saturated rings. The molecule has 2 N–H and O–H groups in total. The number of aryl methyl sites for hydroxylation is 2. The lowest BCUT2D eigenvalue weighted by Gasteiger charge is -2.15. The lowest BCUT2D eigenvalue weighted by molar-refractivity contribution is -0.113. The molecule has 3 aromatic rings. The monoisotopic (exact) mass is 479 g/mol. The van der Waals surface area contributed by atoms with Crippen LogP contribution in [0.5, 0.6) is 5.75 Å². The number of rotatable bonds is 10. The predicted octanol–water partition coefficient (Wildman–Crippen LogP) is 4.31. The number of carbonyl (C=O) groups excluding carboxylic acids is 2. The molecule has 2 aromatic carbocycles. The van der Waals surface area contributed by atoms with Crippen molar-refractivity contribution in [2.24, 2.45) is 0 Å². The van der Waals surface area contributed by atoms with Gasteiger partial charge in [0.25, 0.3) is 5.91 Å². The van der Waals surface area contributed by atoms with Gasteiger partial charge in [0.2, 0.25) is 5.91 Å². The summed E-state index contributed by atoms with van der Waals surface area (Å²) in [5, 5.41) is 15.0. The number of ether oxygens (including phenoxy) is 1. The summed E-state index contributed by atoms with van der Waals surface area (Å²) in [7, 11) is 1.58. The van der Waals surface area contributed by atoms with Crippen molar-refractivity contribution >= 4 is 29.3 Å². The van der Waals surface area contributed by atoms with Crippen molar-refractivity contribution in [1.82, 2.24) is 20.1 Å². The average Bonchev–Trinajstić information content (AvgIpc) is 3.23. The van der Waals surface area contributed by atoms with Crippen molar-refractivity contribution in [1.29, 1.82) is 0 Å². The molecule has 0 aliphatic carbocycles. The normalized spacial score (nSPS) is 11.5. The number of allylic oxidation sites excluding steroid dienone is 1. The minimum Gasteiger partial charge on any atom is -0.497 e. The summed E-state index contributed by atoms with van der Waals surface area (Å²) in [6.07, 6.45) is 1.73. The number of nitrogens with zero attached hydrogens (tertiary/aromatic N) is 3. The Balaban J connectivity index is 1.66. The number of hydrogen-bond donors (Lipinski definition) is 2. The molecule has 0 unspecified atom stereocenters. The van der Waals surface area contributed by atoms with E-state index >= 15 is 0 Å². The molecule has 1 aromatic heterocycles. The summed E-state index contributed by atoms with van der Waals surface area (Å²) >= 11 is 1.28. The van der Waals surface area contributed by atoms with Gasteiger partial charge in [0, 0.05) is 17.8 Å². The second-order valence-corrected chi connectivity index (χ2v) is 8.76. The van der Waals surface area contributed by atoms with Crippen molar-refractivity contribution in [3.8, 4) is 5.75 Å². The van der Waals surface area contributed by atoms with Gasteiger partial charge in [-0.1, -0.05) is 30.0 Å². The van der Waals surface area contributed by atoms with Crippen LogP contribution in [0.4, 0.5) is 5.69 Å². The zero-order valence-electron chi connectivity index (χ0n) is 19.8. The molecule has 0 spiro atoms. The van der Waals surface area contributed by atoms with Crippen LogP contribution in [0.15, 0.2) is 60.3 Å². The van der Waals surface area contributed by atoms with Crippen LogP contribution in [0.2, 0.25) is 0 Å². The lowest BCUT2D eigenvalue weighted by Crippen LogP contribution is -2.28. The molecule has 0 bridgehead atoms. The van der Waals surface area contributed by atoms with Crippen LogP contribution in [0.1, 0.15) is 40.3 Å². The van der Waals surface area contributed by atoms with Crippen LogP contribution < -0.4 is 15.4 Å². The first-order valence-electron chi connectivity index (χ1n) is 10.8. The highest BCUT2D eigenvalue weighted by molar-refractivity contribution is 7.99. The highest BCUT2D eigenvalue weighted by Crippen LogP contribution is 2.22. The summed E-state index contributed by atoms with van der Waals surface area (Å²) in [4.78, 5) is 25.2. The Morgan fingerprint density at radius 3 is 2.59 bits per heavy atom. The summed E-state index contributed by atoms with van der Waals surface area (Å²) in [5.41, 5.74) is 3.39. The summed E-state index contributed by atoms with van der Waals surface area (Å²) in [5.74, 6) is 1.08. The Labute approximate surface area is 203 Å². The fourth-order valence-corrected chi connectivity index (χ4v) is 4.06. The first-order valence-corrected chi connectivity index (χ1v) is 11.8. The summed E-state index contributed by atoms with van der Waals surface area (Å²) in [6.45, 7) is 10.0. The van der Waals surface area contributed by atoms with E-state index in [1.54, 1.807) is 37.5 Å². The maximum Gasteiger partial charge on any atom is 0.251 e. The number of carbonyl (C=O) groups is 2. The number of benzene rings is 2. The Hall–Kier alpha value is -3.59. The van der Waals surface area contributed by atoms with Crippen LogP contribution >= 0.6 is 11.8 Å². The minimum atomic E-state index is -0.403. The van der Waals surface area contributed by atoms with Crippen LogP contribution in [0.25, 0.3) is 0 Å². The SMILES string of the molecule is C=CCn1c(SCC(=O)Nc2cc(C)ccc2C)nnc1[C@@H](C)NC(=O)c1ccc(OC)cc1. The smallest absolute Gasteiger partial charge is 0.251 e. The second-order valence-electron chi connectivity index (χ2n) is 7.82. The third kappa shape index (κ3) is 6.26. The number of amides is 2. The molecular weight excluding hydrogens is 450 g/mol. The Morgan fingerprint density at radius 1 is 1.18 bits per heavy atom. The van der Waals surface area contributed by atoms with Gasteiger partial charge in [-0.25, -0.2) is 0 Å². The van der Waals surface area contributed by atoms with Gasteiger partial charge in [0.05, 0.1) is 18.9 Å². The van der Waals surface area contributed by atoms with E-state index in [9.17, 15) is 9.59 Å². The van der Waals surface area contributed by atoms with Gasteiger partial charge in [0.15, 0.2) is 11.0 Å². The van der Waals surface area contributed by atoms with E-state index in [2.05, 4.69) is 27.4 Å². The highest BCUT2D eigenvalue weighted by Gasteiger charge is 2.20. The van der Waals surface area contributed by atoms with Gasteiger partial charge in [-0.15, -0.1) is 16.8 Å². The molecule has 2 amide bonds. The lowest BCUT2D eigenvalue weighted by atomic mass is 10.1. The maximum absolute atomic E-state index is 12.7. The molecule has 9 heteroatoms. The van der Waals surface area contributed by atoms with E-state index in [-0.39, 0.29) is 17.6 Å². The largest absolute Gasteiger partial charge is 0.497 e. The van der Waals surface area contributed by atoms with E-state index in [0.29, 0.717) is 28.8 Å². The van der Waals surface area contributed by atoms with Crippen LogP contribution in [-0.2, 0) is 11.3 Å². The van der Waals surface area contributed by atoms with Gasteiger partial charge in [-0.3, -0.25) is 9.59 Å². The van der Waals surface area contributed by atoms with Crippen LogP contribution in [0, 0.1) is 13.8 Å². The van der Waals surface area contributed by atoms with Gasteiger partial charge in [-0.2, -0.15) is 0 Å². The second kappa shape index (κ2) is 11.5. The van der Waals surface area contributed by atoms with E-state index < -0.39 is 6.04 Å². The fraction of sp³-hybridized carbons (Fsp3) is 0.280. The molecule has 0 saturated carbocycles. The molecule has 0 aliphatic heterocycles. The average molecular weight is 480 g/mol. The molecule has 178 valence electrons. The quantitative estimate of drug-likeness (QED) is 0.332. The molecule has 1 atom stereocenters. The van der Waals surface area contributed by atoms with Gasteiger partial charge >= 0.3 is 0 Å². The molecule has 8 nitrogen and oxygen atoms in total. The summed E-state index contributed by atoms with van der Waals surface area (Å²) in [6, 6.07) is 12.4. The van der Waals surface area contributed by atoms with Gasteiger partial charge < -0.3 is 19.9 Å². The Bertz CT molecular complexity index is 1170. The molecule has 1 heterocycles. The van der Waals surface area contributed by atoms with E-state index in [0.717, 1.165) is 16.8 Å². The molecule has 0 radical (unpaired) electrons. The fourth-order valence-electron chi connectivity index (χ4n) is 3.30. The number of anilines is 1. The first kappa shape index (κ1) is 25.0. The third-order valence-electron chi connectivity index (χ3n) is 5.14. The first-order chi connectivity index (χ1) is 16.3. The van der Waals surface area contributed by atoms with Crippen LogP contribution in [-0.4, -0.2) is 39.4 Å². The topological polar surface area (TPSA) is 98.1 Å². The molecule has 3 rings (SSSR count). The Kier molecular flexibility index (Phi) is 8.48. The number of methoxy groups -OCH3 is 1. The maximum atomic E-state index is 12.7. The van der Waals surface area contributed by atoms with Gasteiger partial charge in [0.1, 0.15) is 5.75 Å². The molecule has 34 heavy (non-hydrogen) atoms. The highest BCUT2D eigenvalue weighted by atomic mass is 32.2. The zero-order chi connectivity index (χ0) is 24.7. The van der Waals surface area contributed by atoms with Crippen molar-refractivity contribution in [3.05, 3.63) is 77.6 Å². The predicted molar refractivity (Wildman–Crippen MR) is 134 cm³/mol. The molecular formula is C25H29N5O3S. The molecule has 0 aliphatic rings. The number of aromatic nitrogens is 3. The van der Waals surface area contributed by atoms with E-state index in [1.165, 1.54) is 11.8 Å².